The molecule has 0 amide bonds. The maximum absolute atomic E-state index is 12.9. The lowest BCUT2D eigenvalue weighted by atomic mass is 9.82. The third-order valence-electron chi connectivity index (χ3n) is 6.17. The summed E-state index contributed by atoms with van der Waals surface area (Å²) in [5.74, 6) is -0.201. The molecule has 154 valence electrons. The molecule has 0 radical (unpaired) electrons. The second-order valence-electron chi connectivity index (χ2n) is 8.51. The van der Waals surface area contributed by atoms with Crippen molar-refractivity contribution in [2.24, 2.45) is 0 Å². The molecular weight excluding hydrogens is 364 g/mol. The minimum absolute atomic E-state index is 0.0990. The molecule has 1 aliphatic rings. The van der Waals surface area contributed by atoms with E-state index < -0.39 is 11.2 Å². The molecule has 0 saturated carbocycles. The topological polar surface area (TPSA) is 63.6 Å². The number of hydrogen-bond donors (Lipinski definition) is 1. The Kier molecular flexibility index (Phi) is 6.06. The molecule has 0 saturated heterocycles. The predicted molar refractivity (Wildman–Crippen MR) is 114 cm³/mol. The van der Waals surface area contributed by atoms with E-state index in [4.69, 9.17) is 4.74 Å². The number of carbonyl (C=O) groups excluding carboxylic acids is 2. The van der Waals surface area contributed by atoms with E-state index in [9.17, 15) is 14.7 Å². The fourth-order valence-corrected chi connectivity index (χ4v) is 3.66. The molecular formula is C25H30O4. The van der Waals surface area contributed by atoms with E-state index in [1.165, 1.54) is 0 Å². The summed E-state index contributed by atoms with van der Waals surface area (Å²) in [6, 6.07) is 12.5. The molecule has 0 spiro atoms. The SMILES string of the molecule is CCC(C)(O)CCOC(C)(CC)Cc1ccc2c(c1)C(=O)c1ccccc1C2=O. The summed E-state index contributed by atoms with van der Waals surface area (Å²) in [4.78, 5) is 25.7. The first-order chi connectivity index (χ1) is 13.7. The maximum atomic E-state index is 12.9. The Bertz CT molecular complexity index is 928. The summed E-state index contributed by atoms with van der Waals surface area (Å²) >= 11 is 0. The van der Waals surface area contributed by atoms with E-state index in [-0.39, 0.29) is 11.6 Å². The first-order valence-corrected chi connectivity index (χ1v) is 10.4. The first kappa shape index (κ1) is 21.4. The highest BCUT2D eigenvalue weighted by atomic mass is 16.5. The van der Waals surface area contributed by atoms with Crippen LogP contribution >= 0.6 is 0 Å². The largest absolute Gasteiger partial charge is 0.390 e. The minimum atomic E-state index is -0.722. The number of hydrogen-bond acceptors (Lipinski definition) is 4. The van der Waals surface area contributed by atoms with Gasteiger partial charge in [0.15, 0.2) is 11.6 Å². The van der Waals surface area contributed by atoms with Gasteiger partial charge in [0, 0.05) is 28.7 Å². The molecule has 0 aliphatic heterocycles. The summed E-state index contributed by atoms with van der Waals surface area (Å²) in [7, 11) is 0. The molecule has 2 unspecified atom stereocenters. The number of ketones is 2. The second kappa shape index (κ2) is 8.21. The van der Waals surface area contributed by atoms with E-state index in [1.807, 2.05) is 26.0 Å². The van der Waals surface area contributed by atoms with Crippen molar-refractivity contribution in [3.05, 3.63) is 70.3 Å². The normalized spacial score (nSPS) is 17.3. The van der Waals surface area contributed by atoms with Gasteiger partial charge in [-0.1, -0.05) is 50.2 Å². The molecule has 0 bridgehead atoms. The zero-order chi connectivity index (χ0) is 21.2. The Morgan fingerprint density at radius 3 is 2.03 bits per heavy atom. The van der Waals surface area contributed by atoms with Crippen LogP contribution in [0.5, 0.6) is 0 Å². The van der Waals surface area contributed by atoms with Crippen LogP contribution in [0.3, 0.4) is 0 Å². The van der Waals surface area contributed by atoms with Crippen LogP contribution in [-0.4, -0.2) is 34.5 Å². The lowest BCUT2D eigenvalue weighted by Gasteiger charge is -2.31. The monoisotopic (exact) mass is 394 g/mol. The number of carbonyl (C=O) groups is 2. The van der Waals surface area contributed by atoms with Gasteiger partial charge in [0.25, 0.3) is 0 Å². The molecule has 4 nitrogen and oxygen atoms in total. The Morgan fingerprint density at radius 2 is 1.45 bits per heavy atom. The lowest BCUT2D eigenvalue weighted by molar-refractivity contribution is -0.0625. The molecule has 2 aromatic carbocycles. The summed E-state index contributed by atoms with van der Waals surface area (Å²) in [6.45, 7) is 8.38. The fourth-order valence-electron chi connectivity index (χ4n) is 3.66. The standard InChI is InChI=1S/C25H30O4/c1-5-24(3,28)13-14-29-25(4,6-2)16-17-11-12-20-21(15-17)23(27)19-10-8-7-9-18(19)22(20)26/h7-12,15,28H,5-6,13-14,16H2,1-4H3. The van der Waals surface area contributed by atoms with Gasteiger partial charge in [-0.15, -0.1) is 0 Å². The van der Waals surface area contributed by atoms with Gasteiger partial charge in [-0.2, -0.15) is 0 Å². The third-order valence-corrected chi connectivity index (χ3v) is 6.17. The van der Waals surface area contributed by atoms with Gasteiger partial charge in [0.05, 0.1) is 17.8 Å². The van der Waals surface area contributed by atoms with E-state index >= 15 is 0 Å². The van der Waals surface area contributed by atoms with Gasteiger partial charge < -0.3 is 9.84 Å². The summed E-state index contributed by atoms with van der Waals surface area (Å²) in [6.07, 6.45) is 2.69. The van der Waals surface area contributed by atoms with E-state index in [2.05, 4.69) is 13.8 Å². The van der Waals surface area contributed by atoms with Crippen LogP contribution in [0.4, 0.5) is 0 Å². The summed E-state index contributed by atoms with van der Waals surface area (Å²) in [5, 5.41) is 10.2. The first-order valence-electron chi connectivity index (χ1n) is 10.4. The van der Waals surface area contributed by atoms with Crippen molar-refractivity contribution in [1.29, 1.82) is 0 Å². The quantitative estimate of drug-likeness (QED) is 0.599. The molecule has 3 rings (SSSR count). The smallest absolute Gasteiger partial charge is 0.194 e. The Balaban J connectivity index is 1.80. The van der Waals surface area contributed by atoms with E-state index in [0.29, 0.717) is 48.1 Å². The molecule has 1 aliphatic carbocycles. The van der Waals surface area contributed by atoms with Gasteiger partial charge in [-0.3, -0.25) is 9.59 Å². The highest BCUT2D eigenvalue weighted by molar-refractivity contribution is 6.28. The molecule has 4 heteroatoms. The number of benzene rings is 2. The van der Waals surface area contributed by atoms with Crippen molar-refractivity contribution in [2.75, 3.05) is 6.61 Å². The molecule has 0 heterocycles. The Hall–Kier alpha value is -2.30. The second-order valence-corrected chi connectivity index (χ2v) is 8.51. The molecule has 29 heavy (non-hydrogen) atoms. The van der Waals surface area contributed by atoms with Gasteiger partial charge in [0.1, 0.15) is 0 Å². The zero-order valence-electron chi connectivity index (χ0n) is 17.7. The van der Waals surface area contributed by atoms with Gasteiger partial charge in [-0.25, -0.2) is 0 Å². The van der Waals surface area contributed by atoms with Crippen molar-refractivity contribution in [1.82, 2.24) is 0 Å². The maximum Gasteiger partial charge on any atom is 0.194 e. The van der Waals surface area contributed by atoms with Crippen LogP contribution < -0.4 is 0 Å². The van der Waals surface area contributed by atoms with Crippen LogP contribution in [0.1, 0.15) is 84.4 Å². The average Bonchev–Trinajstić information content (AvgIpc) is 2.72. The van der Waals surface area contributed by atoms with Crippen LogP contribution in [0.15, 0.2) is 42.5 Å². The van der Waals surface area contributed by atoms with Crippen LogP contribution in [0, 0.1) is 0 Å². The van der Waals surface area contributed by atoms with Crippen molar-refractivity contribution in [3.63, 3.8) is 0 Å². The lowest BCUT2D eigenvalue weighted by Crippen LogP contribution is -2.34. The number of rotatable bonds is 8. The summed E-state index contributed by atoms with van der Waals surface area (Å²) < 4.78 is 6.16. The molecule has 2 atom stereocenters. The van der Waals surface area contributed by atoms with Crippen molar-refractivity contribution in [2.45, 2.75) is 64.6 Å². The molecule has 0 fully saturated rings. The molecule has 2 aromatic rings. The van der Waals surface area contributed by atoms with Crippen LogP contribution in [0.25, 0.3) is 0 Å². The number of aliphatic hydroxyl groups is 1. The van der Waals surface area contributed by atoms with Gasteiger partial charge in [0.2, 0.25) is 0 Å². The average molecular weight is 395 g/mol. The van der Waals surface area contributed by atoms with Crippen molar-refractivity contribution >= 4 is 11.6 Å². The molecule has 1 N–H and O–H groups in total. The summed E-state index contributed by atoms with van der Waals surface area (Å²) in [5.41, 5.74) is 1.73. The zero-order valence-corrected chi connectivity index (χ0v) is 17.7. The number of fused-ring (bicyclic) bond motifs is 2. The van der Waals surface area contributed by atoms with Crippen molar-refractivity contribution < 1.29 is 19.4 Å². The highest BCUT2D eigenvalue weighted by Gasteiger charge is 2.31. The van der Waals surface area contributed by atoms with E-state index in [1.54, 1.807) is 30.3 Å². The highest BCUT2D eigenvalue weighted by Crippen LogP contribution is 2.30. The fraction of sp³-hybridized carbons (Fsp3) is 0.440. The van der Waals surface area contributed by atoms with Crippen molar-refractivity contribution in [3.8, 4) is 0 Å². The van der Waals surface area contributed by atoms with E-state index in [0.717, 1.165) is 12.0 Å². The Labute approximate surface area is 172 Å². The minimum Gasteiger partial charge on any atom is -0.390 e. The Morgan fingerprint density at radius 1 is 0.862 bits per heavy atom. The predicted octanol–water partition coefficient (Wildman–Crippen LogP) is 4.74. The van der Waals surface area contributed by atoms with Gasteiger partial charge >= 0.3 is 0 Å². The molecule has 0 aromatic heterocycles. The number of ether oxygens (including phenoxy) is 1. The van der Waals surface area contributed by atoms with Crippen LogP contribution in [-0.2, 0) is 11.2 Å². The van der Waals surface area contributed by atoms with Crippen LogP contribution in [0.2, 0.25) is 0 Å². The third kappa shape index (κ3) is 4.49. The van der Waals surface area contributed by atoms with Gasteiger partial charge in [-0.05, 0) is 44.7 Å².